The van der Waals surface area contributed by atoms with Gasteiger partial charge in [-0.2, -0.15) is 0 Å². The van der Waals surface area contributed by atoms with Crippen LogP contribution in [-0.4, -0.2) is 15.9 Å². The standard InChI is InChI=1S/C18H17N3O/c22-18(17-6-4-15(11-20-17)13-2-3-13)21-10-12-1-5-16-14(9-12)7-8-19-16/h1,4-9,11,13,19H,2-3,10H2,(H,21,22). The molecule has 1 aliphatic rings. The average molecular weight is 291 g/mol. The van der Waals surface area contributed by atoms with Crippen LogP contribution in [0, 0.1) is 0 Å². The number of rotatable bonds is 4. The second kappa shape index (κ2) is 5.30. The Kier molecular flexibility index (Phi) is 3.15. The van der Waals surface area contributed by atoms with E-state index in [1.165, 1.54) is 18.4 Å². The highest BCUT2D eigenvalue weighted by Crippen LogP contribution is 2.39. The average Bonchev–Trinajstić information content (AvgIpc) is 3.30. The van der Waals surface area contributed by atoms with Gasteiger partial charge in [-0.3, -0.25) is 9.78 Å². The molecule has 1 fully saturated rings. The van der Waals surface area contributed by atoms with E-state index in [-0.39, 0.29) is 5.91 Å². The minimum atomic E-state index is -0.128. The Hall–Kier alpha value is -2.62. The normalized spacial score (nSPS) is 14.2. The first-order valence-electron chi connectivity index (χ1n) is 7.60. The molecule has 1 aliphatic carbocycles. The number of carbonyl (C=O) groups excluding carboxylic acids is 1. The van der Waals surface area contributed by atoms with Crippen molar-refractivity contribution in [2.24, 2.45) is 0 Å². The monoisotopic (exact) mass is 291 g/mol. The minimum absolute atomic E-state index is 0.128. The molecule has 0 atom stereocenters. The van der Waals surface area contributed by atoms with Crippen LogP contribution in [0.15, 0.2) is 48.8 Å². The molecule has 0 saturated heterocycles. The lowest BCUT2D eigenvalue weighted by molar-refractivity contribution is 0.0946. The van der Waals surface area contributed by atoms with Crippen LogP contribution in [0.4, 0.5) is 0 Å². The molecule has 4 nitrogen and oxygen atoms in total. The molecule has 2 heterocycles. The van der Waals surface area contributed by atoms with E-state index in [1.807, 2.05) is 42.7 Å². The predicted molar refractivity (Wildman–Crippen MR) is 85.7 cm³/mol. The molecule has 4 rings (SSSR count). The molecule has 0 radical (unpaired) electrons. The SMILES string of the molecule is O=C(NCc1ccc2[nH]ccc2c1)c1ccc(C2CC2)cn1. The second-order valence-electron chi connectivity index (χ2n) is 5.83. The summed E-state index contributed by atoms with van der Waals surface area (Å²) in [6.07, 6.45) is 6.24. The van der Waals surface area contributed by atoms with Crippen molar-refractivity contribution in [1.82, 2.24) is 15.3 Å². The van der Waals surface area contributed by atoms with Crippen molar-refractivity contribution in [3.05, 3.63) is 65.6 Å². The molecule has 4 heteroatoms. The first-order valence-corrected chi connectivity index (χ1v) is 7.60. The van der Waals surface area contributed by atoms with E-state index in [9.17, 15) is 4.79 Å². The van der Waals surface area contributed by atoms with Gasteiger partial charge in [0.15, 0.2) is 0 Å². The number of carbonyl (C=O) groups is 1. The lowest BCUT2D eigenvalue weighted by atomic mass is 10.1. The predicted octanol–water partition coefficient (Wildman–Crippen LogP) is 3.37. The van der Waals surface area contributed by atoms with Crippen LogP contribution < -0.4 is 5.32 Å². The van der Waals surface area contributed by atoms with Gasteiger partial charge in [-0.1, -0.05) is 12.1 Å². The molecule has 1 aromatic carbocycles. The molecule has 2 aromatic heterocycles. The first kappa shape index (κ1) is 13.1. The van der Waals surface area contributed by atoms with Crippen molar-refractivity contribution in [3.63, 3.8) is 0 Å². The summed E-state index contributed by atoms with van der Waals surface area (Å²) in [6.45, 7) is 0.506. The third-order valence-corrected chi connectivity index (χ3v) is 4.14. The number of nitrogens with zero attached hydrogens (tertiary/aromatic N) is 1. The molecule has 1 amide bonds. The summed E-state index contributed by atoms with van der Waals surface area (Å²) >= 11 is 0. The number of H-pyrrole nitrogens is 1. The fourth-order valence-corrected chi connectivity index (χ4v) is 2.68. The van der Waals surface area contributed by atoms with Crippen molar-refractivity contribution in [3.8, 4) is 0 Å². The summed E-state index contributed by atoms with van der Waals surface area (Å²) in [7, 11) is 0. The molecule has 1 saturated carbocycles. The Morgan fingerprint density at radius 3 is 2.91 bits per heavy atom. The molecular formula is C18H17N3O. The van der Waals surface area contributed by atoms with Gasteiger partial charge in [0.05, 0.1) is 0 Å². The molecule has 110 valence electrons. The zero-order valence-corrected chi connectivity index (χ0v) is 12.2. The summed E-state index contributed by atoms with van der Waals surface area (Å²) in [5.74, 6) is 0.536. The van der Waals surface area contributed by atoms with Crippen molar-refractivity contribution in [2.45, 2.75) is 25.3 Å². The number of aromatic nitrogens is 2. The minimum Gasteiger partial charge on any atom is -0.361 e. The van der Waals surface area contributed by atoms with E-state index in [2.05, 4.69) is 21.4 Å². The molecule has 3 aromatic rings. The van der Waals surface area contributed by atoms with E-state index < -0.39 is 0 Å². The lowest BCUT2D eigenvalue weighted by Crippen LogP contribution is -2.23. The maximum absolute atomic E-state index is 12.1. The van der Waals surface area contributed by atoms with Crippen molar-refractivity contribution < 1.29 is 4.79 Å². The number of amides is 1. The molecule has 0 unspecified atom stereocenters. The van der Waals surface area contributed by atoms with E-state index in [0.717, 1.165) is 16.5 Å². The van der Waals surface area contributed by atoms with Gasteiger partial charge in [0.1, 0.15) is 5.69 Å². The third kappa shape index (κ3) is 2.60. The number of hydrogen-bond acceptors (Lipinski definition) is 2. The summed E-state index contributed by atoms with van der Waals surface area (Å²) in [6, 6.07) is 12.0. The van der Waals surface area contributed by atoms with Gasteiger partial charge in [-0.25, -0.2) is 0 Å². The Labute approximate surface area is 128 Å². The highest BCUT2D eigenvalue weighted by atomic mass is 16.1. The van der Waals surface area contributed by atoms with Crippen LogP contribution >= 0.6 is 0 Å². The van der Waals surface area contributed by atoms with Gasteiger partial charge >= 0.3 is 0 Å². The maximum atomic E-state index is 12.1. The van der Waals surface area contributed by atoms with E-state index in [0.29, 0.717) is 18.2 Å². The summed E-state index contributed by atoms with van der Waals surface area (Å²) < 4.78 is 0. The molecular weight excluding hydrogens is 274 g/mol. The maximum Gasteiger partial charge on any atom is 0.270 e. The van der Waals surface area contributed by atoms with Gasteiger partial charge in [0.2, 0.25) is 0 Å². The molecule has 0 spiro atoms. The van der Waals surface area contributed by atoms with Crippen LogP contribution in [-0.2, 0) is 6.54 Å². The van der Waals surface area contributed by atoms with E-state index in [4.69, 9.17) is 0 Å². The third-order valence-electron chi connectivity index (χ3n) is 4.14. The Balaban J connectivity index is 1.42. The first-order chi connectivity index (χ1) is 10.8. The fraction of sp³-hybridized carbons (Fsp3) is 0.222. The smallest absolute Gasteiger partial charge is 0.270 e. The highest BCUT2D eigenvalue weighted by Gasteiger charge is 2.23. The zero-order chi connectivity index (χ0) is 14.9. The second-order valence-corrected chi connectivity index (χ2v) is 5.83. The van der Waals surface area contributed by atoms with E-state index >= 15 is 0 Å². The van der Waals surface area contributed by atoms with Gasteiger partial charge < -0.3 is 10.3 Å². The van der Waals surface area contributed by atoms with Crippen LogP contribution in [0.5, 0.6) is 0 Å². The van der Waals surface area contributed by atoms with Crippen LogP contribution in [0.2, 0.25) is 0 Å². The largest absolute Gasteiger partial charge is 0.361 e. The molecule has 0 aliphatic heterocycles. The van der Waals surface area contributed by atoms with Gasteiger partial charge in [-0.15, -0.1) is 0 Å². The topological polar surface area (TPSA) is 57.8 Å². The van der Waals surface area contributed by atoms with Crippen molar-refractivity contribution in [2.75, 3.05) is 0 Å². The highest BCUT2D eigenvalue weighted by molar-refractivity contribution is 5.92. The number of fused-ring (bicyclic) bond motifs is 1. The van der Waals surface area contributed by atoms with Crippen LogP contribution in [0.1, 0.15) is 40.4 Å². The van der Waals surface area contributed by atoms with Crippen LogP contribution in [0.3, 0.4) is 0 Å². The number of pyridine rings is 1. The fourth-order valence-electron chi connectivity index (χ4n) is 2.68. The quantitative estimate of drug-likeness (QED) is 0.774. The summed E-state index contributed by atoms with van der Waals surface area (Å²) in [5, 5.41) is 4.08. The number of benzene rings is 1. The number of aromatic amines is 1. The van der Waals surface area contributed by atoms with Crippen LogP contribution in [0.25, 0.3) is 10.9 Å². The Morgan fingerprint density at radius 2 is 2.14 bits per heavy atom. The number of nitrogens with one attached hydrogen (secondary N) is 2. The zero-order valence-electron chi connectivity index (χ0n) is 12.2. The summed E-state index contributed by atoms with van der Waals surface area (Å²) in [5.41, 5.74) is 3.91. The lowest BCUT2D eigenvalue weighted by Gasteiger charge is -2.06. The van der Waals surface area contributed by atoms with Gasteiger partial charge in [-0.05, 0) is 59.5 Å². The van der Waals surface area contributed by atoms with Gasteiger partial charge in [0, 0.05) is 24.5 Å². The Morgan fingerprint density at radius 1 is 1.23 bits per heavy atom. The summed E-state index contributed by atoms with van der Waals surface area (Å²) in [4.78, 5) is 19.6. The van der Waals surface area contributed by atoms with Crippen molar-refractivity contribution in [1.29, 1.82) is 0 Å². The van der Waals surface area contributed by atoms with Crippen molar-refractivity contribution >= 4 is 16.8 Å². The molecule has 2 N–H and O–H groups in total. The van der Waals surface area contributed by atoms with Gasteiger partial charge in [0.25, 0.3) is 5.91 Å². The van der Waals surface area contributed by atoms with E-state index in [1.54, 1.807) is 0 Å². The molecule has 22 heavy (non-hydrogen) atoms. The number of hydrogen-bond donors (Lipinski definition) is 2. The molecule has 0 bridgehead atoms. The Bertz CT molecular complexity index is 816.